The van der Waals surface area contributed by atoms with Crippen LogP contribution in [0.5, 0.6) is 0 Å². The van der Waals surface area contributed by atoms with Gasteiger partial charge in [0.1, 0.15) is 17.1 Å². The number of fused-ring (bicyclic) bond motifs is 4. The van der Waals surface area contributed by atoms with Crippen LogP contribution in [0.15, 0.2) is 118 Å². The van der Waals surface area contributed by atoms with Crippen molar-refractivity contribution in [1.82, 2.24) is 4.98 Å². The molecule has 0 bridgehead atoms. The van der Waals surface area contributed by atoms with Gasteiger partial charge in [-0.15, -0.1) is 0 Å². The van der Waals surface area contributed by atoms with Gasteiger partial charge in [0.05, 0.1) is 22.4 Å². The summed E-state index contributed by atoms with van der Waals surface area (Å²) in [6.07, 6.45) is 0. The Hall–Kier alpha value is -5.69. The Morgan fingerprint density at radius 1 is 0.756 bits per heavy atom. The Labute approximate surface area is 233 Å². The zero-order valence-corrected chi connectivity index (χ0v) is 21.8. The van der Waals surface area contributed by atoms with Crippen molar-refractivity contribution >= 4 is 51.0 Å². The first-order valence-electron chi connectivity index (χ1n) is 13.2. The van der Waals surface area contributed by atoms with E-state index in [-0.39, 0.29) is 23.2 Å². The molecule has 0 aliphatic carbocycles. The van der Waals surface area contributed by atoms with Gasteiger partial charge in [0.2, 0.25) is 17.5 Å². The van der Waals surface area contributed by atoms with Crippen LogP contribution in [-0.4, -0.2) is 28.2 Å². The highest BCUT2D eigenvalue weighted by Gasteiger charge is 2.40. The smallest absolute Gasteiger partial charge is 0.228 e. The van der Waals surface area contributed by atoms with E-state index in [0.717, 1.165) is 16.1 Å². The van der Waals surface area contributed by atoms with E-state index < -0.39 is 0 Å². The molecule has 7 heteroatoms. The summed E-state index contributed by atoms with van der Waals surface area (Å²) in [5.41, 5.74) is 5.75. The average molecular weight is 533 g/mol. The number of anilines is 1. The van der Waals surface area contributed by atoms with Crippen LogP contribution in [0, 0.1) is 0 Å². The van der Waals surface area contributed by atoms with Crippen molar-refractivity contribution in [1.29, 1.82) is 0 Å². The van der Waals surface area contributed by atoms with Gasteiger partial charge >= 0.3 is 0 Å². The van der Waals surface area contributed by atoms with Crippen molar-refractivity contribution in [3.8, 4) is 0 Å². The van der Waals surface area contributed by atoms with E-state index in [2.05, 4.69) is 4.98 Å². The fourth-order valence-electron chi connectivity index (χ4n) is 6.07. The Bertz CT molecular complexity index is 2240. The Balaban J connectivity index is 1.48. The van der Waals surface area contributed by atoms with Gasteiger partial charge < -0.3 is 4.98 Å². The molecule has 1 N–H and O–H groups in total. The van der Waals surface area contributed by atoms with E-state index >= 15 is 0 Å². The topological polar surface area (TPSA) is 95.0 Å². The number of nitrogens with one attached hydrogen (secondary N) is 1. The maximum Gasteiger partial charge on any atom is 0.228 e. The van der Waals surface area contributed by atoms with Gasteiger partial charge in [0.15, 0.2) is 0 Å². The highest BCUT2D eigenvalue weighted by atomic mass is 16.2. The predicted octanol–water partition coefficient (Wildman–Crippen LogP) is 4.78. The van der Waals surface area contributed by atoms with Gasteiger partial charge in [-0.25, -0.2) is 9.98 Å². The third kappa shape index (κ3) is 3.17. The number of rotatable bonds is 2. The summed E-state index contributed by atoms with van der Waals surface area (Å²) in [6, 6.07) is 29.8. The van der Waals surface area contributed by atoms with Crippen molar-refractivity contribution in [3.63, 3.8) is 0 Å². The van der Waals surface area contributed by atoms with Crippen molar-refractivity contribution in [2.75, 3.05) is 4.90 Å². The number of amides is 1. The third-order valence-corrected chi connectivity index (χ3v) is 7.80. The molecule has 4 aromatic carbocycles. The normalized spacial score (nSPS) is 17.0. The molecule has 1 amide bonds. The fourth-order valence-corrected chi connectivity index (χ4v) is 6.07. The first kappa shape index (κ1) is 23.2. The molecule has 7 nitrogen and oxygen atoms in total. The quantitative estimate of drug-likeness (QED) is 0.332. The second kappa shape index (κ2) is 8.40. The highest BCUT2D eigenvalue weighted by Crippen LogP contribution is 2.42. The van der Waals surface area contributed by atoms with Gasteiger partial charge in [-0.05, 0) is 36.4 Å². The average Bonchev–Trinajstić information content (AvgIpc) is 3.72. The molecule has 3 aliphatic heterocycles. The first-order chi connectivity index (χ1) is 20.0. The molecule has 4 heterocycles. The number of carbonyl (C=O) groups is 3. The number of carbonyl (C=O) groups excluding carboxylic acids is 3. The molecular weight excluding hydrogens is 512 g/mol. The van der Waals surface area contributed by atoms with E-state index in [0.29, 0.717) is 56.1 Å². The number of para-hydroxylation sites is 4. The zero-order valence-electron chi connectivity index (χ0n) is 21.8. The maximum absolute atomic E-state index is 14.0. The second-order valence-electron chi connectivity index (χ2n) is 10.1. The lowest BCUT2D eigenvalue weighted by molar-refractivity contribution is -0.116. The van der Waals surface area contributed by atoms with Crippen molar-refractivity contribution in [2.24, 2.45) is 9.98 Å². The number of benzene rings is 4. The van der Waals surface area contributed by atoms with Crippen LogP contribution in [0.4, 0.5) is 11.4 Å². The number of H-pyrrole nitrogens is 1. The number of aromatic amines is 1. The van der Waals surface area contributed by atoms with E-state index in [1.54, 1.807) is 30.3 Å². The monoisotopic (exact) mass is 532 g/mol. The molecule has 0 radical (unpaired) electrons. The summed E-state index contributed by atoms with van der Waals surface area (Å²) in [7, 11) is 0. The number of allylic oxidation sites excluding steroid dienone is 2. The summed E-state index contributed by atoms with van der Waals surface area (Å²) in [5, 5.41) is 2.33. The standard InChI is InChI=1S/C34H20N4O3/c1-18(39)38-26-17-9-5-13-22(26)34(41)32(38)30-28(20-11-3-7-15-24(20)36-30)27-19-10-2-6-14-23(19)35-29(27)31-33(40)21-12-4-8-16-25(21)37-31/h2-17,35H,1H3/b32-30+. The largest absolute Gasteiger partial charge is 0.353 e. The van der Waals surface area contributed by atoms with Gasteiger partial charge in [-0.2, -0.15) is 0 Å². The molecule has 0 atom stereocenters. The molecule has 0 fully saturated rings. The van der Waals surface area contributed by atoms with Crippen LogP contribution in [-0.2, 0) is 4.79 Å². The Morgan fingerprint density at radius 2 is 1.46 bits per heavy atom. The predicted molar refractivity (Wildman–Crippen MR) is 156 cm³/mol. The first-order valence-corrected chi connectivity index (χ1v) is 13.2. The minimum absolute atomic E-state index is 0.179. The van der Waals surface area contributed by atoms with Gasteiger partial charge in [-0.1, -0.05) is 60.7 Å². The molecule has 1 aromatic heterocycles. The third-order valence-electron chi connectivity index (χ3n) is 7.80. The molecule has 41 heavy (non-hydrogen) atoms. The van der Waals surface area contributed by atoms with Crippen LogP contribution in [0.25, 0.3) is 16.5 Å². The van der Waals surface area contributed by atoms with Gasteiger partial charge in [0, 0.05) is 45.3 Å². The maximum atomic E-state index is 14.0. The number of nitrogens with zero attached hydrogens (tertiary/aromatic N) is 3. The summed E-state index contributed by atoms with van der Waals surface area (Å²) < 4.78 is 0. The van der Waals surface area contributed by atoms with E-state index in [1.807, 2.05) is 66.7 Å². The number of Topliss-reactive ketones (excluding diaryl/α,β-unsaturated/α-hetero) is 2. The Kier molecular flexibility index (Phi) is 4.76. The van der Waals surface area contributed by atoms with E-state index in [9.17, 15) is 14.4 Å². The number of hydrogen-bond donors (Lipinski definition) is 1. The SMILES string of the molecule is CC(=O)N1/C(=C2/N=c3ccccc3=C2c2c(C3=Nc4ccccc4C3=O)[nH]c3ccccc23)C(=O)c2ccccc21. The molecule has 0 spiro atoms. The molecule has 3 aliphatic rings. The lowest BCUT2D eigenvalue weighted by Crippen LogP contribution is -2.27. The Morgan fingerprint density at radius 3 is 2.29 bits per heavy atom. The van der Waals surface area contributed by atoms with Crippen LogP contribution in [0.3, 0.4) is 0 Å². The lowest BCUT2D eigenvalue weighted by Gasteiger charge is -2.19. The van der Waals surface area contributed by atoms with Crippen molar-refractivity contribution in [3.05, 3.63) is 141 Å². The van der Waals surface area contributed by atoms with Crippen molar-refractivity contribution in [2.45, 2.75) is 6.92 Å². The van der Waals surface area contributed by atoms with Crippen LogP contribution in [0.1, 0.15) is 38.9 Å². The van der Waals surface area contributed by atoms with E-state index in [4.69, 9.17) is 9.98 Å². The molecule has 5 aromatic rings. The lowest BCUT2D eigenvalue weighted by atomic mass is 9.93. The van der Waals surface area contributed by atoms with Crippen LogP contribution < -0.4 is 15.5 Å². The summed E-state index contributed by atoms with van der Waals surface area (Å²) in [5.74, 6) is -0.745. The summed E-state index contributed by atoms with van der Waals surface area (Å²) in [4.78, 5) is 55.3. The minimum Gasteiger partial charge on any atom is -0.353 e. The van der Waals surface area contributed by atoms with Crippen LogP contribution in [0.2, 0.25) is 0 Å². The minimum atomic E-state index is -0.291. The van der Waals surface area contributed by atoms with E-state index in [1.165, 1.54) is 11.8 Å². The molecular formula is C34H20N4O3. The highest BCUT2D eigenvalue weighted by molar-refractivity contribution is 6.55. The zero-order chi connectivity index (χ0) is 27.8. The number of ketones is 2. The molecule has 0 unspecified atom stereocenters. The number of aromatic nitrogens is 1. The molecule has 194 valence electrons. The number of hydrogen-bond acceptors (Lipinski definition) is 5. The molecule has 8 rings (SSSR count). The summed E-state index contributed by atoms with van der Waals surface area (Å²) in [6.45, 7) is 1.44. The van der Waals surface area contributed by atoms with Crippen LogP contribution >= 0.6 is 0 Å². The summed E-state index contributed by atoms with van der Waals surface area (Å²) >= 11 is 0. The fraction of sp³-hybridized carbons (Fsp3) is 0.0294. The number of aliphatic imine (C=N–C) groups is 1. The second-order valence-corrected chi connectivity index (χ2v) is 10.1. The van der Waals surface area contributed by atoms with Gasteiger partial charge in [0.25, 0.3) is 0 Å². The van der Waals surface area contributed by atoms with Crippen molar-refractivity contribution < 1.29 is 14.4 Å². The molecule has 0 saturated carbocycles. The molecule has 0 saturated heterocycles. The van der Waals surface area contributed by atoms with Gasteiger partial charge in [-0.3, -0.25) is 19.3 Å².